The summed E-state index contributed by atoms with van der Waals surface area (Å²) in [5.74, 6) is 0.919. The van der Waals surface area contributed by atoms with Crippen LogP contribution in [0.2, 0.25) is 0 Å². The average Bonchev–Trinajstić information content (AvgIpc) is 3.24. The molecular formula is C25H34N6O2S. The number of hydrogen-bond donors (Lipinski definition) is 3. The molecule has 3 N–H and O–H groups in total. The van der Waals surface area contributed by atoms with E-state index in [9.17, 15) is 4.79 Å². The number of thiazole rings is 1. The average molecular weight is 483 g/mol. The third-order valence-corrected chi connectivity index (χ3v) is 7.06. The number of anilines is 1. The van der Waals surface area contributed by atoms with Crippen molar-refractivity contribution in [2.24, 2.45) is 0 Å². The Kier molecular flexibility index (Phi) is 9.28. The lowest BCUT2D eigenvalue weighted by atomic mass is 9.76. The molecule has 1 aromatic heterocycles. The fraction of sp³-hybridized carbons (Fsp3) is 0.520. The first-order valence-corrected chi connectivity index (χ1v) is 12.2. The zero-order valence-electron chi connectivity index (χ0n) is 20.8. The maximum absolute atomic E-state index is 12.0. The molecule has 0 aliphatic heterocycles. The number of amides is 2. The molecule has 2 amide bonds. The van der Waals surface area contributed by atoms with Crippen LogP contribution in [0.25, 0.3) is 9.69 Å². The van der Waals surface area contributed by atoms with Gasteiger partial charge in [0.1, 0.15) is 5.75 Å². The molecule has 0 aliphatic rings. The molecule has 34 heavy (non-hydrogen) atoms. The molecule has 9 heteroatoms. The van der Waals surface area contributed by atoms with E-state index < -0.39 is 6.03 Å². The lowest BCUT2D eigenvalue weighted by molar-refractivity contribution is 0.240. The molecule has 0 aliphatic carbocycles. The second-order valence-corrected chi connectivity index (χ2v) is 10.2. The number of ether oxygens (including phenoxy) is 1. The zero-order valence-corrected chi connectivity index (χ0v) is 21.7. The summed E-state index contributed by atoms with van der Waals surface area (Å²) in [6, 6.07) is 6.09. The maximum atomic E-state index is 12.0. The van der Waals surface area contributed by atoms with E-state index in [1.54, 1.807) is 0 Å². The van der Waals surface area contributed by atoms with Crippen molar-refractivity contribution < 1.29 is 9.53 Å². The van der Waals surface area contributed by atoms with Gasteiger partial charge in [-0.3, -0.25) is 5.43 Å². The summed E-state index contributed by atoms with van der Waals surface area (Å²) < 4.78 is 6.13. The van der Waals surface area contributed by atoms with Crippen molar-refractivity contribution in [3.8, 4) is 5.75 Å². The molecule has 1 heterocycles. The highest BCUT2D eigenvalue weighted by Crippen LogP contribution is 2.39. The number of carbonyl (C=O) groups excluding carboxylic acids is 1. The molecule has 0 saturated heterocycles. The molecule has 0 radical (unpaired) electrons. The Morgan fingerprint density at radius 1 is 1.12 bits per heavy atom. The van der Waals surface area contributed by atoms with E-state index in [-0.39, 0.29) is 26.8 Å². The topological polar surface area (TPSA) is 84.0 Å². The number of rotatable bonds is 11. The van der Waals surface area contributed by atoms with Crippen molar-refractivity contribution in [2.45, 2.75) is 71.6 Å². The van der Waals surface area contributed by atoms with Crippen LogP contribution in [0.15, 0.2) is 18.2 Å². The summed E-state index contributed by atoms with van der Waals surface area (Å²) in [5, 5.41) is 3.22. The molecule has 0 saturated carbocycles. The number of urea groups is 1. The van der Waals surface area contributed by atoms with Crippen molar-refractivity contribution in [3.05, 3.63) is 52.2 Å². The predicted molar refractivity (Wildman–Crippen MR) is 138 cm³/mol. The molecule has 1 aromatic carbocycles. The maximum Gasteiger partial charge on any atom is 0.333 e. The lowest BCUT2D eigenvalue weighted by Crippen LogP contribution is -2.39. The minimum atomic E-state index is -0.428. The van der Waals surface area contributed by atoms with Gasteiger partial charge in [-0.15, -0.1) is 16.3 Å². The molecule has 0 atom stereocenters. The van der Waals surface area contributed by atoms with Gasteiger partial charge in [0.15, 0.2) is 0 Å². The van der Waals surface area contributed by atoms with Gasteiger partial charge >= 0.3 is 6.03 Å². The predicted octanol–water partition coefficient (Wildman–Crippen LogP) is 6.72. The van der Waals surface area contributed by atoms with E-state index in [0.717, 1.165) is 29.9 Å². The number of carbonyl (C=O) groups is 1. The van der Waals surface area contributed by atoms with E-state index in [1.165, 1.54) is 11.1 Å². The number of aromatic nitrogens is 1. The SMILES string of the molecule is [C-]#[N+]c1nc(NNC(=O)NCCCOc2ccc(C(C)(C)CC)cc2C(C)(C)CC)sc1[N+]#[C-]. The Morgan fingerprint density at radius 2 is 1.82 bits per heavy atom. The van der Waals surface area contributed by atoms with Crippen molar-refractivity contribution in [1.82, 2.24) is 15.7 Å². The van der Waals surface area contributed by atoms with Crippen LogP contribution < -0.4 is 20.9 Å². The van der Waals surface area contributed by atoms with Crippen LogP contribution in [-0.2, 0) is 10.8 Å². The zero-order chi connectivity index (χ0) is 25.4. The number of benzene rings is 1. The minimum Gasteiger partial charge on any atom is -0.493 e. The Labute approximate surface area is 206 Å². The van der Waals surface area contributed by atoms with Crippen LogP contribution in [0.4, 0.5) is 20.7 Å². The normalized spacial score (nSPS) is 11.3. The van der Waals surface area contributed by atoms with E-state index in [2.05, 4.69) is 90.6 Å². The number of nitrogens with zero attached hydrogens (tertiary/aromatic N) is 3. The van der Waals surface area contributed by atoms with E-state index in [0.29, 0.717) is 19.6 Å². The highest BCUT2D eigenvalue weighted by Gasteiger charge is 2.26. The van der Waals surface area contributed by atoms with Gasteiger partial charge in [0, 0.05) is 12.1 Å². The van der Waals surface area contributed by atoms with Gasteiger partial charge < -0.3 is 14.9 Å². The summed E-state index contributed by atoms with van der Waals surface area (Å²) in [5.41, 5.74) is 7.71. The van der Waals surface area contributed by atoms with Gasteiger partial charge in [-0.25, -0.2) is 15.1 Å². The van der Waals surface area contributed by atoms with Gasteiger partial charge in [-0.1, -0.05) is 60.2 Å². The molecule has 182 valence electrons. The molecule has 2 rings (SSSR count). The van der Waals surface area contributed by atoms with Gasteiger partial charge in [-0.05, 0) is 41.7 Å². The quantitative estimate of drug-likeness (QED) is 0.189. The highest BCUT2D eigenvalue weighted by atomic mass is 32.1. The van der Waals surface area contributed by atoms with Crippen LogP contribution in [0, 0.1) is 13.1 Å². The summed E-state index contributed by atoms with van der Waals surface area (Å²) in [6.45, 7) is 28.3. The fourth-order valence-corrected chi connectivity index (χ4v) is 3.76. The number of hydrazine groups is 1. The first kappa shape index (κ1) is 26.9. The van der Waals surface area contributed by atoms with Gasteiger partial charge in [0.05, 0.1) is 13.2 Å². The van der Waals surface area contributed by atoms with E-state index in [1.807, 2.05) is 0 Å². The minimum absolute atomic E-state index is 0.00495. The summed E-state index contributed by atoms with van der Waals surface area (Å²) in [4.78, 5) is 22.4. The molecular weight excluding hydrogens is 448 g/mol. The van der Waals surface area contributed by atoms with Gasteiger partial charge in [0.2, 0.25) is 0 Å². The molecule has 2 aromatic rings. The second-order valence-electron chi connectivity index (χ2n) is 9.27. The number of hydrogen-bond acceptors (Lipinski definition) is 5. The van der Waals surface area contributed by atoms with Crippen LogP contribution in [0.3, 0.4) is 0 Å². The fourth-order valence-electron chi connectivity index (χ4n) is 3.11. The summed E-state index contributed by atoms with van der Waals surface area (Å²) in [7, 11) is 0. The molecule has 0 bridgehead atoms. The van der Waals surface area contributed by atoms with E-state index in [4.69, 9.17) is 17.9 Å². The monoisotopic (exact) mass is 482 g/mol. The van der Waals surface area contributed by atoms with Gasteiger partial charge in [0.25, 0.3) is 16.0 Å². The summed E-state index contributed by atoms with van der Waals surface area (Å²) >= 11 is 1.01. The van der Waals surface area contributed by atoms with Crippen LogP contribution in [-0.4, -0.2) is 24.2 Å². The molecule has 0 fully saturated rings. The third kappa shape index (κ3) is 6.85. The molecule has 0 unspecified atom stereocenters. The Balaban J connectivity index is 1.87. The Morgan fingerprint density at radius 3 is 2.41 bits per heavy atom. The van der Waals surface area contributed by atoms with Crippen LogP contribution in [0.5, 0.6) is 5.75 Å². The summed E-state index contributed by atoms with van der Waals surface area (Å²) in [6.07, 6.45) is 2.70. The third-order valence-electron chi connectivity index (χ3n) is 6.20. The van der Waals surface area contributed by atoms with Crippen molar-refractivity contribution in [2.75, 3.05) is 18.6 Å². The van der Waals surface area contributed by atoms with Crippen molar-refractivity contribution in [1.29, 1.82) is 0 Å². The lowest BCUT2D eigenvalue weighted by Gasteiger charge is -2.30. The first-order valence-electron chi connectivity index (χ1n) is 11.4. The standard InChI is InChI=1S/C25H34N6O2S/c1-9-24(3,4)17-12-13-19(18(16-17)25(5,6)10-2)33-15-11-14-28-22(32)30-31-23-29-20(26-7)21(27-8)34-23/h12-13,16H,9-11,14-15H2,1-6H3,(H,29,31)(H2,28,30,32). The Hall–Kier alpha value is -3.30. The largest absolute Gasteiger partial charge is 0.493 e. The number of nitrogens with one attached hydrogen (secondary N) is 3. The molecule has 8 nitrogen and oxygen atoms in total. The van der Waals surface area contributed by atoms with Crippen molar-refractivity contribution >= 4 is 33.3 Å². The van der Waals surface area contributed by atoms with Crippen LogP contribution >= 0.6 is 11.3 Å². The van der Waals surface area contributed by atoms with Crippen LogP contribution in [0.1, 0.15) is 71.9 Å². The highest BCUT2D eigenvalue weighted by molar-refractivity contribution is 7.20. The van der Waals surface area contributed by atoms with Gasteiger partial charge in [-0.2, -0.15) is 0 Å². The Bertz CT molecular complexity index is 1050. The second kappa shape index (κ2) is 11.7. The van der Waals surface area contributed by atoms with E-state index >= 15 is 0 Å². The first-order chi connectivity index (χ1) is 16.1. The molecule has 0 spiro atoms. The van der Waals surface area contributed by atoms with Crippen molar-refractivity contribution in [3.63, 3.8) is 0 Å². The smallest absolute Gasteiger partial charge is 0.333 e.